The van der Waals surface area contributed by atoms with Gasteiger partial charge in [0.25, 0.3) is 0 Å². The van der Waals surface area contributed by atoms with E-state index in [1.54, 1.807) is 7.05 Å². The van der Waals surface area contributed by atoms with Crippen molar-refractivity contribution >= 4 is 17.6 Å². The third-order valence-corrected chi connectivity index (χ3v) is 3.51. The summed E-state index contributed by atoms with van der Waals surface area (Å²) in [5.74, 6) is 0.204. The molecule has 0 amide bonds. The Morgan fingerprint density at radius 1 is 1.15 bits per heavy atom. The number of nitrogens with zero attached hydrogens (tertiary/aromatic N) is 1. The van der Waals surface area contributed by atoms with Crippen LogP contribution >= 0.6 is 11.8 Å². The van der Waals surface area contributed by atoms with Crippen molar-refractivity contribution < 1.29 is 13.2 Å². The molecule has 0 aliphatic rings. The highest BCUT2D eigenvalue weighted by Crippen LogP contribution is 2.35. The van der Waals surface area contributed by atoms with Crippen LogP contribution < -0.4 is 5.32 Å². The predicted octanol–water partition coefficient (Wildman–Crippen LogP) is 4.60. The highest BCUT2D eigenvalue weighted by atomic mass is 32.2. The molecule has 0 atom stereocenters. The van der Waals surface area contributed by atoms with E-state index >= 15 is 0 Å². The van der Waals surface area contributed by atoms with Crippen molar-refractivity contribution in [3.05, 3.63) is 47.5 Å². The highest BCUT2D eigenvalue weighted by Gasteiger charge is 2.31. The first-order valence-corrected chi connectivity index (χ1v) is 6.71. The lowest BCUT2D eigenvalue weighted by Gasteiger charge is -2.11. The Hall–Kier alpha value is -1.69. The molecule has 1 N–H and O–H groups in total. The summed E-state index contributed by atoms with van der Waals surface area (Å²) in [6.45, 7) is 1.93. The smallest absolute Gasteiger partial charge is 0.373 e. The summed E-state index contributed by atoms with van der Waals surface area (Å²) < 4.78 is 38.5. The molecule has 0 aliphatic heterocycles. The van der Waals surface area contributed by atoms with E-state index < -0.39 is 11.7 Å². The number of hydrogen-bond donors (Lipinski definition) is 1. The molecule has 0 fully saturated rings. The fourth-order valence-corrected chi connectivity index (χ4v) is 2.61. The molecule has 0 aliphatic carbocycles. The number of nitrogens with one attached hydrogen (secondary N) is 1. The number of rotatable bonds is 3. The molecule has 0 radical (unpaired) electrons. The van der Waals surface area contributed by atoms with Crippen molar-refractivity contribution in [2.75, 3.05) is 12.4 Å². The Kier molecular flexibility index (Phi) is 4.23. The summed E-state index contributed by atoms with van der Waals surface area (Å²) in [5, 5.41) is 2.97. The molecule has 0 saturated heterocycles. The first-order valence-electron chi connectivity index (χ1n) is 5.90. The van der Waals surface area contributed by atoms with Gasteiger partial charge >= 0.3 is 6.18 Å². The van der Waals surface area contributed by atoms with Gasteiger partial charge in [-0.1, -0.05) is 29.5 Å². The van der Waals surface area contributed by atoms with Crippen molar-refractivity contribution in [3.63, 3.8) is 0 Å². The summed E-state index contributed by atoms with van der Waals surface area (Å²) in [4.78, 5) is 5.00. The SMILES string of the molecule is CNc1cc(C(F)(F)F)cc(Sc2cccc(C)c2)n1. The molecule has 0 spiro atoms. The maximum absolute atomic E-state index is 12.8. The fourth-order valence-electron chi connectivity index (χ4n) is 1.65. The van der Waals surface area contributed by atoms with Gasteiger partial charge in [-0.2, -0.15) is 13.2 Å². The predicted molar refractivity (Wildman–Crippen MR) is 74.1 cm³/mol. The second-order valence-electron chi connectivity index (χ2n) is 4.25. The van der Waals surface area contributed by atoms with E-state index in [2.05, 4.69) is 10.3 Å². The highest BCUT2D eigenvalue weighted by molar-refractivity contribution is 7.99. The van der Waals surface area contributed by atoms with E-state index in [0.717, 1.165) is 22.6 Å². The van der Waals surface area contributed by atoms with Gasteiger partial charge in [-0.15, -0.1) is 0 Å². The molecule has 2 rings (SSSR count). The molecule has 6 heteroatoms. The van der Waals surface area contributed by atoms with E-state index in [1.807, 2.05) is 31.2 Å². The summed E-state index contributed by atoms with van der Waals surface area (Å²) in [7, 11) is 1.55. The zero-order valence-corrected chi connectivity index (χ0v) is 11.8. The summed E-state index contributed by atoms with van der Waals surface area (Å²) in [6, 6.07) is 9.62. The van der Waals surface area contributed by atoms with Gasteiger partial charge in [0.15, 0.2) is 0 Å². The molecule has 0 unspecified atom stereocenters. The number of anilines is 1. The van der Waals surface area contributed by atoms with Gasteiger partial charge in [0.05, 0.1) is 5.56 Å². The molecule has 1 aromatic carbocycles. The van der Waals surface area contributed by atoms with Crippen LogP contribution in [-0.2, 0) is 6.18 Å². The maximum Gasteiger partial charge on any atom is 0.416 e. The number of halogens is 3. The van der Waals surface area contributed by atoms with Gasteiger partial charge in [0.2, 0.25) is 0 Å². The van der Waals surface area contributed by atoms with Crippen LogP contribution in [0, 0.1) is 6.92 Å². The molecule has 0 saturated carbocycles. The van der Waals surface area contributed by atoms with Crippen LogP contribution in [0.2, 0.25) is 0 Å². The molecular weight excluding hydrogens is 285 g/mol. The van der Waals surface area contributed by atoms with Crippen LogP contribution in [0.15, 0.2) is 46.3 Å². The van der Waals surface area contributed by atoms with E-state index in [0.29, 0.717) is 5.03 Å². The van der Waals surface area contributed by atoms with E-state index in [9.17, 15) is 13.2 Å². The first-order chi connectivity index (χ1) is 9.38. The number of pyridine rings is 1. The van der Waals surface area contributed by atoms with Gasteiger partial charge in [0, 0.05) is 11.9 Å². The molecular formula is C14H13F3N2S. The molecule has 2 aromatic rings. The Labute approximate surface area is 119 Å². The van der Waals surface area contributed by atoms with Gasteiger partial charge in [-0.25, -0.2) is 4.98 Å². The largest absolute Gasteiger partial charge is 0.416 e. The second kappa shape index (κ2) is 5.75. The number of aryl methyl sites for hydroxylation is 1. The lowest BCUT2D eigenvalue weighted by atomic mass is 10.2. The fraction of sp³-hybridized carbons (Fsp3) is 0.214. The molecule has 2 nitrogen and oxygen atoms in total. The minimum Gasteiger partial charge on any atom is -0.373 e. The van der Waals surface area contributed by atoms with Gasteiger partial charge in [-0.3, -0.25) is 0 Å². The van der Waals surface area contributed by atoms with Crippen molar-refractivity contribution in [2.24, 2.45) is 0 Å². The van der Waals surface area contributed by atoms with E-state index in [4.69, 9.17) is 0 Å². The van der Waals surface area contributed by atoms with Gasteiger partial charge < -0.3 is 5.32 Å². The number of hydrogen-bond acceptors (Lipinski definition) is 3. The van der Waals surface area contributed by atoms with Crippen LogP contribution in [0.4, 0.5) is 19.0 Å². The summed E-state index contributed by atoms with van der Waals surface area (Å²) >= 11 is 1.21. The maximum atomic E-state index is 12.8. The summed E-state index contributed by atoms with van der Waals surface area (Å²) in [5.41, 5.74) is 0.350. The Balaban J connectivity index is 2.36. The monoisotopic (exact) mass is 298 g/mol. The lowest BCUT2D eigenvalue weighted by molar-refractivity contribution is -0.137. The Morgan fingerprint density at radius 3 is 2.50 bits per heavy atom. The number of benzene rings is 1. The topological polar surface area (TPSA) is 24.9 Å². The Bertz CT molecular complexity index is 612. The van der Waals surface area contributed by atoms with Crippen molar-refractivity contribution in [1.82, 2.24) is 4.98 Å². The van der Waals surface area contributed by atoms with Crippen LogP contribution in [0.5, 0.6) is 0 Å². The third kappa shape index (κ3) is 3.66. The second-order valence-corrected chi connectivity index (χ2v) is 5.34. The minimum absolute atomic E-state index is 0.204. The average molecular weight is 298 g/mol. The van der Waals surface area contributed by atoms with E-state index in [-0.39, 0.29) is 5.82 Å². The van der Waals surface area contributed by atoms with Gasteiger partial charge in [-0.05, 0) is 31.2 Å². The quantitative estimate of drug-likeness (QED) is 0.896. The molecule has 20 heavy (non-hydrogen) atoms. The lowest BCUT2D eigenvalue weighted by Crippen LogP contribution is -2.07. The number of aromatic nitrogens is 1. The number of alkyl halides is 3. The van der Waals surface area contributed by atoms with E-state index in [1.165, 1.54) is 11.8 Å². The normalized spacial score (nSPS) is 11.4. The average Bonchev–Trinajstić information content (AvgIpc) is 2.37. The van der Waals surface area contributed by atoms with Crippen LogP contribution in [0.1, 0.15) is 11.1 Å². The molecule has 106 valence electrons. The standard InChI is InChI=1S/C14H13F3N2S/c1-9-4-3-5-11(6-9)20-13-8-10(14(15,16)17)7-12(18-2)19-13/h3-8H,1-2H3,(H,18,19). The van der Waals surface area contributed by atoms with Crippen molar-refractivity contribution in [2.45, 2.75) is 23.0 Å². The Morgan fingerprint density at radius 2 is 1.90 bits per heavy atom. The van der Waals surface area contributed by atoms with Crippen LogP contribution in [0.25, 0.3) is 0 Å². The van der Waals surface area contributed by atoms with Gasteiger partial charge in [0.1, 0.15) is 10.8 Å². The zero-order chi connectivity index (χ0) is 14.8. The molecule has 0 bridgehead atoms. The van der Waals surface area contributed by atoms with Crippen molar-refractivity contribution in [3.8, 4) is 0 Å². The molecule has 1 aromatic heterocycles. The first kappa shape index (κ1) is 14.7. The van der Waals surface area contributed by atoms with Crippen molar-refractivity contribution in [1.29, 1.82) is 0 Å². The van der Waals surface area contributed by atoms with Crippen LogP contribution in [0.3, 0.4) is 0 Å². The minimum atomic E-state index is -4.38. The summed E-state index contributed by atoms with van der Waals surface area (Å²) in [6.07, 6.45) is -4.38. The zero-order valence-electron chi connectivity index (χ0n) is 11.0. The van der Waals surface area contributed by atoms with Crippen LogP contribution in [-0.4, -0.2) is 12.0 Å². The third-order valence-electron chi connectivity index (χ3n) is 2.60. The molecule has 1 heterocycles.